The molecule has 0 aliphatic heterocycles. The molecule has 0 bridgehead atoms. The zero-order valence-corrected chi connectivity index (χ0v) is 21.3. The number of carbonyl (C=O) groups excluding carboxylic acids is 3. The molecular formula is C28H35N3O4. The Bertz CT molecular complexity index is 1100. The molecule has 0 aliphatic rings. The average molecular weight is 478 g/mol. The van der Waals surface area contributed by atoms with Gasteiger partial charge in [-0.15, -0.1) is 6.42 Å². The third kappa shape index (κ3) is 7.61. The van der Waals surface area contributed by atoms with Crippen molar-refractivity contribution >= 4 is 23.6 Å². The van der Waals surface area contributed by atoms with Crippen molar-refractivity contribution in [3.8, 4) is 12.3 Å². The molecule has 2 aromatic carbocycles. The van der Waals surface area contributed by atoms with Crippen molar-refractivity contribution < 1.29 is 19.1 Å². The Morgan fingerprint density at radius 2 is 1.71 bits per heavy atom. The second-order valence-corrected chi connectivity index (χ2v) is 9.35. The van der Waals surface area contributed by atoms with Gasteiger partial charge < -0.3 is 20.3 Å². The number of rotatable bonds is 8. The molecule has 7 heteroatoms. The normalized spacial score (nSPS) is 12.6. The van der Waals surface area contributed by atoms with Crippen LogP contribution in [0.1, 0.15) is 63.8 Å². The number of terminal acetylenes is 1. The van der Waals surface area contributed by atoms with E-state index in [0.717, 1.165) is 5.56 Å². The summed E-state index contributed by atoms with van der Waals surface area (Å²) in [5.41, 5.74) is 1.87. The van der Waals surface area contributed by atoms with E-state index in [1.54, 1.807) is 51.1 Å². The highest BCUT2D eigenvalue weighted by atomic mass is 16.6. The summed E-state index contributed by atoms with van der Waals surface area (Å²) in [7, 11) is 0. The first-order valence-corrected chi connectivity index (χ1v) is 11.7. The Morgan fingerprint density at radius 3 is 2.31 bits per heavy atom. The van der Waals surface area contributed by atoms with Gasteiger partial charge in [-0.2, -0.15) is 0 Å². The van der Waals surface area contributed by atoms with Crippen LogP contribution < -0.4 is 10.6 Å². The van der Waals surface area contributed by atoms with E-state index in [1.165, 1.54) is 4.90 Å². The monoisotopic (exact) mass is 477 g/mol. The summed E-state index contributed by atoms with van der Waals surface area (Å²) in [6.45, 7) is 10.6. The Hall–Kier alpha value is -3.79. The number of hydrogen-bond acceptors (Lipinski definition) is 4. The van der Waals surface area contributed by atoms with E-state index in [0.29, 0.717) is 23.2 Å². The number of alkyl carbamates (subject to hydrolysis) is 1. The fraction of sp³-hybridized carbons (Fsp3) is 0.393. The van der Waals surface area contributed by atoms with Crippen LogP contribution in [-0.2, 0) is 14.3 Å². The molecule has 2 atom stereocenters. The van der Waals surface area contributed by atoms with Crippen molar-refractivity contribution in [3.63, 3.8) is 0 Å². The zero-order chi connectivity index (χ0) is 26.2. The summed E-state index contributed by atoms with van der Waals surface area (Å²) in [5, 5.41) is 5.46. The van der Waals surface area contributed by atoms with Crippen molar-refractivity contribution in [1.29, 1.82) is 0 Å². The molecule has 2 aromatic rings. The molecule has 0 spiro atoms. The largest absolute Gasteiger partial charge is 0.444 e. The summed E-state index contributed by atoms with van der Waals surface area (Å²) >= 11 is 0. The molecule has 0 aromatic heterocycles. The van der Waals surface area contributed by atoms with Gasteiger partial charge >= 0.3 is 6.09 Å². The number of benzene rings is 2. The predicted molar refractivity (Wildman–Crippen MR) is 138 cm³/mol. The average Bonchev–Trinajstić information content (AvgIpc) is 2.80. The maximum Gasteiger partial charge on any atom is 0.408 e. The van der Waals surface area contributed by atoms with Gasteiger partial charge in [0, 0.05) is 17.3 Å². The van der Waals surface area contributed by atoms with Crippen molar-refractivity contribution in [2.24, 2.45) is 0 Å². The number of ether oxygens (including phenoxy) is 1. The second kappa shape index (κ2) is 12.1. The molecule has 0 saturated heterocycles. The Kier molecular flexibility index (Phi) is 9.47. The third-order valence-electron chi connectivity index (χ3n) is 5.48. The lowest BCUT2D eigenvalue weighted by Gasteiger charge is -2.36. The van der Waals surface area contributed by atoms with E-state index in [-0.39, 0.29) is 12.6 Å². The molecule has 2 unspecified atom stereocenters. The van der Waals surface area contributed by atoms with Crippen molar-refractivity contribution in [2.45, 2.75) is 65.6 Å². The van der Waals surface area contributed by atoms with Crippen LogP contribution >= 0.6 is 0 Å². The highest BCUT2D eigenvalue weighted by Crippen LogP contribution is 2.29. The van der Waals surface area contributed by atoms with Gasteiger partial charge in [0.15, 0.2) is 0 Å². The summed E-state index contributed by atoms with van der Waals surface area (Å²) in [6, 6.07) is 13.1. The quantitative estimate of drug-likeness (QED) is 0.534. The Labute approximate surface area is 208 Å². The van der Waals surface area contributed by atoms with Crippen LogP contribution in [0, 0.1) is 19.3 Å². The second-order valence-electron chi connectivity index (χ2n) is 9.35. The van der Waals surface area contributed by atoms with Crippen LogP contribution in [0.5, 0.6) is 0 Å². The number of nitrogens with zero attached hydrogens (tertiary/aromatic N) is 1. The lowest BCUT2D eigenvalue weighted by Crippen LogP contribution is -2.50. The van der Waals surface area contributed by atoms with E-state index in [9.17, 15) is 14.4 Å². The number of carbonyl (C=O) groups is 3. The van der Waals surface area contributed by atoms with Gasteiger partial charge in [-0.3, -0.25) is 9.59 Å². The van der Waals surface area contributed by atoms with Gasteiger partial charge in [0.2, 0.25) is 5.91 Å². The first kappa shape index (κ1) is 27.5. The van der Waals surface area contributed by atoms with Crippen LogP contribution in [0.15, 0.2) is 48.5 Å². The molecule has 3 amide bonds. The van der Waals surface area contributed by atoms with Gasteiger partial charge in [-0.05, 0) is 64.3 Å². The lowest BCUT2D eigenvalue weighted by atomic mass is 9.96. The van der Waals surface area contributed by atoms with Crippen LogP contribution in [-0.4, -0.2) is 41.0 Å². The predicted octanol–water partition coefficient (Wildman–Crippen LogP) is 4.81. The fourth-order valence-electron chi connectivity index (χ4n) is 3.59. The third-order valence-corrected chi connectivity index (χ3v) is 5.48. The highest BCUT2D eigenvalue weighted by molar-refractivity contribution is 5.99. The fourth-order valence-corrected chi connectivity index (χ4v) is 3.59. The number of hydrogen-bond donors (Lipinski definition) is 2. The number of para-hydroxylation sites is 1. The van der Waals surface area contributed by atoms with E-state index in [4.69, 9.17) is 11.2 Å². The van der Waals surface area contributed by atoms with Gasteiger partial charge in [0.1, 0.15) is 18.2 Å². The SMILES string of the molecule is C#Cc1ccccc1C(C(=O)Nc1ccccc1C)N(C(=O)CNC(=O)OC(C)(C)C)C(C)CC. The van der Waals surface area contributed by atoms with E-state index in [1.807, 2.05) is 39.0 Å². The molecular weight excluding hydrogens is 442 g/mol. The summed E-state index contributed by atoms with van der Waals surface area (Å²) < 4.78 is 5.25. The molecule has 7 nitrogen and oxygen atoms in total. The lowest BCUT2D eigenvalue weighted by molar-refractivity contribution is -0.140. The van der Waals surface area contributed by atoms with Crippen LogP contribution in [0.4, 0.5) is 10.5 Å². The minimum atomic E-state index is -1.01. The maximum atomic E-state index is 13.7. The minimum absolute atomic E-state index is 0.318. The summed E-state index contributed by atoms with van der Waals surface area (Å²) in [4.78, 5) is 40.9. The van der Waals surface area contributed by atoms with Gasteiger partial charge in [-0.25, -0.2) is 4.79 Å². The number of anilines is 1. The van der Waals surface area contributed by atoms with E-state index >= 15 is 0 Å². The first-order chi connectivity index (χ1) is 16.5. The first-order valence-electron chi connectivity index (χ1n) is 11.7. The maximum absolute atomic E-state index is 13.7. The van der Waals surface area contributed by atoms with E-state index in [2.05, 4.69) is 16.6 Å². The molecule has 186 valence electrons. The molecule has 0 saturated carbocycles. The molecule has 0 fully saturated rings. The molecule has 2 rings (SSSR count). The smallest absolute Gasteiger partial charge is 0.408 e. The number of nitrogens with one attached hydrogen (secondary N) is 2. The highest BCUT2D eigenvalue weighted by Gasteiger charge is 2.35. The number of aryl methyl sites for hydroxylation is 1. The summed E-state index contributed by atoms with van der Waals surface area (Å²) in [6.07, 6.45) is 5.63. The van der Waals surface area contributed by atoms with Crippen molar-refractivity contribution in [2.75, 3.05) is 11.9 Å². The molecule has 0 radical (unpaired) electrons. The summed E-state index contributed by atoms with van der Waals surface area (Å²) in [5.74, 6) is 1.80. The van der Waals surface area contributed by atoms with Crippen LogP contribution in [0.3, 0.4) is 0 Å². The zero-order valence-electron chi connectivity index (χ0n) is 21.3. The standard InChI is InChI=1S/C28H35N3O4/c1-8-20(4)31(24(32)18-29-27(34)35-28(5,6)7)25(22-16-12-11-15-21(22)9-2)26(33)30-23-17-13-10-14-19(23)3/h2,10-17,20,25H,8,18H2,1,3-7H3,(H,29,34)(H,30,33). The van der Waals surface area contributed by atoms with Gasteiger partial charge in [0.25, 0.3) is 5.91 Å². The molecule has 2 N–H and O–H groups in total. The van der Waals surface area contributed by atoms with Crippen LogP contribution in [0.2, 0.25) is 0 Å². The van der Waals surface area contributed by atoms with Crippen LogP contribution in [0.25, 0.3) is 0 Å². The molecule has 0 aliphatic carbocycles. The molecule has 35 heavy (non-hydrogen) atoms. The molecule has 0 heterocycles. The van der Waals surface area contributed by atoms with E-state index < -0.39 is 29.6 Å². The topological polar surface area (TPSA) is 87.7 Å². The van der Waals surface area contributed by atoms with Crippen molar-refractivity contribution in [3.05, 3.63) is 65.2 Å². The van der Waals surface area contributed by atoms with Crippen molar-refractivity contribution in [1.82, 2.24) is 10.2 Å². The van der Waals surface area contributed by atoms with Gasteiger partial charge in [0.05, 0.1) is 0 Å². The number of amides is 3. The minimum Gasteiger partial charge on any atom is -0.444 e. The Morgan fingerprint density at radius 1 is 1.09 bits per heavy atom. The van der Waals surface area contributed by atoms with Gasteiger partial charge in [-0.1, -0.05) is 49.2 Å². The Balaban J connectivity index is 2.47.